The molecule has 1 aliphatic carbocycles. The molecule has 5 bridgehead atoms. The zero-order valence-corrected chi connectivity index (χ0v) is 18.9. The van der Waals surface area contributed by atoms with Gasteiger partial charge in [-0.15, -0.1) is 0 Å². The van der Waals surface area contributed by atoms with Crippen LogP contribution >= 0.6 is 0 Å². The van der Waals surface area contributed by atoms with E-state index in [0.717, 1.165) is 19.3 Å². The molecule has 6 aliphatic rings. The van der Waals surface area contributed by atoms with E-state index in [4.69, 9.17) is 15.9 Å². The van der Waals surface area contributed by atoms with Gasteiger partial charge in [-0.25, -0.2) is 0 Å². The highest BCUT2D eigenvalue weighted by atomic mass is 16.4. The zero-order chi connectivity index (χ0) is 23.8. The normalized spacial score (nSPS) is 44.0. The van der Waals surface area contributed by atoms with Crippen LogP contribution in [0.15, 0.2) is 24.3 Å². The van der Waals surface area contributed by atoms with Crippen LogP contribution in [0.2, 0.25) is 0 Å². The van der Waals surface area contributed by atoms with Gasteiger partial charge in [0.1, 0.15) is 12.3 Å². The number of fused-ring (bicyclic) bond motifs is 2. The van der Waals surface area contributed by atoms with Crippen molar-refractivity contribution in [3.8, 4) is 0 Å². The number of anilines is 1. The molecule has 1 spiro atoms. The van der Waals surface area contributed by atoms with Crippen LogP contribution in [-0.2, 0) is 15.0 Å². The van der Waals surface area contributed by atoms with Gasteiger partial charge in [0, 0.05) is 42.1 Å². The summed E-state index contributed by atoms with van der Waals surface area (Å²) in [5.41, 5.74) is 7.35. The van der Waals surface area contributed by atoms with Crippen molar-refractivity contribution in [1.82, 2.24) is 4.90 Å². The molecule has 0 radical (unpaired) electrons. The maximum absolute atomic E-state index is 11.6. The van der Waals surface area contributed by atoms with Gasteiger partial charge in [0.25, 0.3) is 0 Å². The molecule has 4 saturated heterocycles. The Hall–Kier alpha value is -2.20. The third-order valence-electron chi connectivity index (χ3n) is 9.17. The largest absolute Gasteiger partial charge is 0.481 e. The molecule has 9 nitrogen and oxygen atoms in total. The van der Waals surface area contributed by atoms with Crippen LogP contribution in [0.5, 0.6) is 0 Å². The van der Waals surface area contributed by atoms with Crippen molar-refractivity contribution in [3.63, 3.8) is 0 Å². The number of carboxylic acid groups (broad SMARTS) is 2. The van der Waals surface area contributed by atoms with Crippen molar-refractivity contribution in [2.45, 2.75) is 74.5 Å². The number of nitrogens with zero attached hydrogens (tertiary/aromatic N) is 2. The number of hydrogen-bond donors (Lipinski definition) is 5. The number of likely N-dealkylation sites (N-methyl/N-ethyl adjacent to an activating group) is 1. The number of aliphatic hydroxyl groups is 2. The van der Waals surface area contributed by atoms with Crippen LogP contribution in [0.4, 0.5) is 5.69 Å². The number of aliphatic carboxylic acids is 2. The van der Waals surface area contributed by atoms with E-state index < -0.39 is 24.4 Å². The van der Waals surface area contributed by atoms with Gasteiger partial charge in [-0.1, -0.05) is 25.1 Å². The summed E-state index contributed by atoms with van der Waals surface area (Å²) in [5, 5.41) is 38.7. The van der Waals surface area contributed by atoms with E-state index in [1.807, 2.05) is 0 Å². The number of hydrogen-bond acceptors (Lipinski definition) is 7. The van der Waals surface area contributed by atoms with Gasteiger partial charge in [-0.3, -0.25) is 14.5 Å². The summed E-state index contributed by atoms with van der Waals surface area (Å²) in [7, 11) is 2.19. The first-order chi connectivity index (χ1) is 15.6. The smallest absolute Gasteiger partial charge is 0.321 e. The zero-order valence-electron chi connectivity index (χ0n) is 18.9. The average molecular weight is 460 g/mol. The van der Waals surface area contributed by atoms with Crippen LogP contribution in [0.25, 0.3) is 0 Å². The van der Waals surface area contributed by atoms with Gasteiger partial charge in [-0.05, 0) is 36.8 Å². The monoisotopic (exact) mass is 459 g/mol. The van der Waals surface area contributed by atoms with Crippen molar-refractivity contribution >= 4 is 17.6 Å². The number of rotatable bonds is 4. The molecule has 11 atom stereocenters. The van der Waals surface area contributed by atoms with Gasteiger partial charge in [-0.2, -0.15) is 0 Å². The Bertz CT molecular complexity index is 973. The fraction of sp³-hybridized carbons (Fsp3) is 0.667. The Balaban J connectivity index is 0.000000219. The summed E-state index contributed by atoms with van der Waals surface area (Å²) in [4.78, 5) is 24.4. The van der Waals surface area contributed by atoms with Crippen molar-refractivity contribution < 1.29 is 30.0 Å². The lowest BCUT2D eigenvalue weighted by atomic mass is 9.62. The third kappa shape index (κ3) is 2.86. The van der Waals surface area contributed by atoms with Crippen LogP contribution in [0.3, 0.4) is 0 Å². The van der Waals surface area contributed by atoms with Crippen molar-refractivity contribution in [1.29, 1.82) is 0 Å². The summed E-state index contributed by atoms with van der Waals surface area (Å²) in [5.74, 6) is -1.36. The highest BCUT2D eigenvalue weighted by molar-refractivity contribution is 5.80. The first-order valence-electron chi connectivity index (χ1n) is 11.8. The Morgan fingerprint density at radius 2 is 1.91 bits per heavy atom. The van der Waals surface area contributed by atoms with Gasteiger partial charge in [0.15, 0.2) is 0 Å². The number of carboxylic acids is 2. The fourth-order valence-corrected chi connectivity index (χ4v) is 8.16. The number of piperidine rings is 4. The second-order valence-corrected chi connectivity index (χ2v) is 10.3. The molecule has 7 rings (SSSR count). The fourth-order valence-electron chi connectivity index (χ4n) is 8.16. The van der Waals surface area contributed by atoms with E-state index in [9.17, 15) is 19.8 Å². The highest BCUT2D eigenvalue weighted by Gasteiger charge is 2.76. The minimum absolute atomic E-state index is 0.126. The molecule has 1 aromatic rings. The van der Waals surface area contributed by atoms with E-state index in [0.29, 0.717) is 35.9 Å². The Morgan fingerprint density at radius 1 is 1.21 bits per heavy atom. The van der Waals surface area contributed by atoms with Gasteiger partial charge in [0.05, 0.1) is 18.6 Å². The van der Waals surface area contributed by atoms with E-state index in [1.54, 1.807) is 0 Å². The molecule has 33 heavy (non-hydrogen) atoms. The first kappa shape index (κ1) is 22.6. The second kappa shape index (κ2) is 7.66. The SMILES string of the molecule is CC[C@@H]1[C@@H](O)N2[C@H]3CC45c6ccccc6N(C)[C@H]4[C@@H]2C[C@H]1C3C5O.N[C@@H](CC(=O)O)C(=O)O. The molecule has 1 aromatic carbocycles. The lowest BCUT2D eigenvalue weighted by Crippen LogP contribution is -2.72. The minimum Gasteiger partial charge on any atom is -0.481 e. The van der Waals surface area contributed by atoms with E-state index in [1.165, 1.54) is 11.3 Å². The van der Waals surface area contributed by atoms with Crippen molar-refractivity contribution in [2.75, 3.05) is 11.9 Å². The average Bonchev–Trinajstić information content (AvgIpc) is 3.15. The molecule has 0 amide bonds. The molecule has 180 valence electrons. The van der Waals surface area contributed by atoms with E-state index in [2.05, 4.69) is 48.0 Å². The lowest BCUT2D eigenvalue weighted by molar-refractivity contribution is -0.211. The van der Waals surface area contributed by atoms with Crippen LogP contribution in [0, 0.1) is 17.8 Å². The van der Waals surface area contributed by atoms with Crippen molar-refractivity contribution in [2.24, 2.45) is 23.5 Å². The third-order valence-corrected chi connectivity index (χ3v) is 9.17. The molecule has 5 fully saturated rings. The van der Waals surface area contributed by atoms with Gasteiger partial charge >= 0.3 is 11.9 Å². The summed E-state index contributed by atoms with van der Waals surface area (Å²) >= 11 is 0. The Labute approximate surface area is 192 Å². The van der Waals surface area contributed by atoms with Gasteiger partial charge < -0.3 is 31.1 Å². The van der Waals surface area contributed by atoms with E-state index >= 15 is 0 Å². The van der Waals surface area contributed by atoms with Gasteiger partial charge in [0.2, 0.25) is 0 Å². The molecule has 5 aliphatic heterocycles. The minimum atomic E-state index is -1.29. The first-order valence-corrected chi connectivity index (χ1v) is 11.8. The molecule has 9 heteroatoms. The van der Waals surface area contributed by atoms with Crippen LogP contribution in [-0.4, -0.2) is 80.8 Å². The summed E-state index contributed by atoms with van der Waals surface area (Å²) in [6.07, 6.45) is 2.02. The number of aliphatic hydroxyl groups excluding tert-OH is 2. The maximum atomic E-state index is 11.6. The predicted octanol–water partition coefficient (Wildman–Crippen LogP) is 0.428. The molecule has 1 saturated carbocycles. The topological polar surface area (TPSA) is 148 Å². The summed E-state index contributed by atoms with van der Waals surface area (Å²) in [6, 6.07) is 8.41. The Kier molecular flexibility index (Phi) is 5.24. The molecule has 0 aromatic heterocycles. The second-order valence-electron chi connectivity index (χ2n) is 10.3. The lowest BCUT2D eigenvalue weighted by Gasteiger charge is -2.62. The number of nitrogens with two attached hydrogens (primary N) is 1. The maximum Gasteiger partial charge on any atom is 0.321 e. The number of carbonyl (C=O) groups is 2. The molecule has 4 unspecified atom stereocenters. The standard InChI is InChI=1S/C20H26N2O2.C4H7NO4/c1-3-10-11-8-14-17-20(12-6-4-5-7-13(12)21(17)2)9-15(16(11)18(20)23)22(14)19(10)24;5-2(4(8)9)1-3(6)7/h4-7,10-11,14-19,23-24H,3,8-9H2,1-2H3;2H,1,5H2,(H,6,7)(H,8,9)/t10-,11+,14-,15-,16?,17-,18?,19+,20?;2-/m00/s1. The van der Waals surface area contributed by atoms with E-state index in [-0.39, 0.29) is 17.7 Å². The number of para-hydroxylation sites is 1. The number of benzene rings is 1. The molecular weight excluding hydrogens is 426 g/mol. The molecule has 6 N–H and O–H groups in total. The molecular formula is C24H33N3O6. The molecule has 5 heterocycles. The Morgan fingerprint density at radius 3 is 2.52 bits per heavy atom. The van der Waals surface area contributed by atoms with Crippen LogP contribution < -0.4 is 10.6 Å². The van der Waals surface area contributed by atoms with Crippen LogP contribution in [0.1, 0.15) is 38.2 Å². The summed E-state index contributed by atoms with van der Waals surface area (Å²) in [6.45, 7) is 2.19. The predicted molar refractivity (Wildman–Crippen MR) is 120 cm³/mol. The highest BCUT2D eigenvalue weighted by Crippen LogP contribution is 2.68. The summed E-state index contributed by atoms with van der Waals surface area (Å²) < 4.78 is 0. The quantitative estimate of drug-likeness (QED) is 0.432. The van der Waals surface area contributed by atoms with Crippen molar-refractivity contribution in [3.05, 3.63) is 29.8 Å².